The van der Waals surface area contributed by atoms with E-state index in [1.807, 2.05) is 63.2 Å². The lowest BCUT2D eigenvalue weighted by Crippen LogP contribution is -2.54. The van der Waals surface area contributed by atoms with Gasteiger partial charge in [0.05, 0.1) is 5.56 Å². The van der Waals surface area contributed by atoms with Gasteiger partial charge in [0.25, 0.3) is 11.7 Å². The van der Waals surface area contributed by atoms with E-state index in [9.17, 15) is 14.4 Å². The highest BCUT2D eigenvalue weighted by molar-refractivity contribution is 6.45. The molecule has 0 fully saturated rings. The third-order valence-corrected chi connectivity index (χ3v) is 6.80. The Labute approximate surface area is 200 Å². The molecule has 0 saturated carbocycles. The first-order valence-electron chi connectivity index (χ1n) is 11.6. The number of hydrogen-bond acceptors (Lipinski definition) is 4. The van der Waals surface area contributed by atoms with Crippen molar-refractivity contribution >= 4 is 28.5 Å². The molecular weight excluding hydrogens is 428 g/mol. The van der Waals surface area contributed by atoms with Crippen molar-refractivity contribution in [1.29, 1.82) is 0 Å². The predicted molar refractivity (Wildman–Crippen MR) is 134 cm³/mol. The summed E-state index contributed by atoms with van der Waals surface area (Å²) in [6, 6.07) is 14.0. The summed E-state index contributed by atoms with van der Waals surface area (Å²) < 4.78 is 0. The highest BCUT2D eigenvalue weighted by atomic mass is 16.2. The van der Waals surface area contributed by atoms with Crippen LogP contribution in [0.4, 0.5) is 0 Å². The number of nitrogens with two attached hydrogens (primary N) is 1. The maximum absolute atomic E-state index is 13.6. The van der Waals surface area contributed by atoms with E-state index in [-0.39, 0.29) is 18.0 Å². The van der Waals surface area contributed by atoms with Crippen molar-refractivity contribution < 1.29 is 14.4 Å². The molecule has 3 rings (SSSR count). The van der Waals surface area contributed by atoms with Crippen molar-refractivity contribution in [2.75, 3.05) is 7.05 Å². The molecule has 2 amide bonds. The second kappa shape index (κ2) is 10.2. The molecule has 0 saturated heterocycles. The summed E-state index contributed by atoms with van der Waals surface area (Å²) >= 11 is 0. The molecule has 0 spiro atoms. The number of rotatable bonds is 9. The van der Waals surface area contributed by atoms with Crippen LogP contribution >= 0.6 is 0 Å². The molecule has 1 atom stereocenters. The minimum Gasteiger partial charge on any atom is -0.360 e. The standard InChI is InChI=1S/C27H34N4O3/c1-6-27(3,4)30(5)25(33)18(2)31(17-20-11-9-10-19(14-20)15-28)26(34)24(32)22-16-29-23-13-8-7-12-21(22)23/h7-14,16,18,29H,6,15,17,28H2,1-5H3. The molecule has 1 heterocycles. The Bertz CT molecular complexity index is 1200. The number of benzene rings is 2. The van der Waals surface area contributed by atoms with Gasteiger partial charge in [0, 0.05) is 42.8 Å². The van der Waals surface area contributed by atoms with E-state index in [1.54, 1.807) is 31.1 Å². The van der Waals surface area contributed by atoms with Crippen LogP contribution in [0, 0.1) is 0 Å². The van der Waals surface area contributed by atoms with E-state index in [1.165, 1.54) is 4.90 Å². The minimum absolute atomic E-state index is 0.119. The van der Waals surface area contributed by atoms with Crippen molar-refractivity contribution in [1.82, 2.24) is 14.8 Å². The van der Waals surface area contributed by atoms with Gasteiger partial charge in [-0.3, -0.25) is 14.4 Å². The molecule has 3 aromatic rings. The van der Waals surface area contributed by atoms with E-state index in [4.69, 9.17) is 5.73 Å². The molecule has 0 bridgehead atoms. The molecule has 7 heteroatoms. The first-order valence-corrected chi connectivity index (χ1v) is 11.6. The summed E-state index contributed by atoms with van der Waals surface area (Å²) in [7, 11) is 1.74. The first kappa shape index (κ1) is 25.2. The van der Waals surface area contributed by atoms with E-state index in [2.05, 4.69) is 4.98 Å². The van der Waals surface area contributed by atoms with Crippen LogP contribution in [0.3, 0.4) is 0 Å². The summed E-state index contributed by atoms with van der Waals surface area (Å²) in [5.74, 6) is -1.59. The average molecular weight is 463 g/mol. The van der Waals surface area contributed by atoms with Crippen molar-refractivity contribution in [3.8, 4) is 0 Å². The smallest absolute Gasteiger partial charge is 0.296 e. The number of para-hydroxylation sites is 1. The number of aromatic amines is 1. The van der Waals surface area contributed by atoms with Gasteiger partial charge in [-0.15, -0.1) is 0 Å². The zero-order chi connectivity index (χ0) is 25.0. The minimum atomic E-state index is -0.834. The lowest BCUT2D eigenvalue weighted by molar-refractivity contribution is -0.146. The van der Waals surface area contributed by atoms with Gasteiger partial charge in [-0.1, -0.05) is 49.4 Å². The van der Waals surface area contributed by atoms with E-state index in [0.29, 0.717) is 17.5 Å². The molecule has 1 aromatic heterocycles. The predicted octanol–water partition coefficient (Wildman–Crippen LogP) is 3.87. The van der Waals surface area contributed by atoms with Crippen molar-refractivity contribution in [2.24, 2.45) is 5.73 Å². The SMILES string of the molecule is CCC(C)(C)N(C)C(=O)C(C)N(Cc1cccc(CN)c1)C(=O)C(=O)c1c[nH]c2ccccc12. The molecule has 7 nitrogen and oxygen atoms in total. The van der Waals surface area contributed by atoms with Gasteiger partial charge in [-0.05, 0) is 44.4 Å². The molecule has 0 aliphatic carbocycles. The number of nitrogens with zero attached hydrogens (tertiary/aromatic N) is 2. The van der Waals surface area contributed by atoms with Gasteiger partial charge in [0.15, 0.2) is 0 Å². The topological polar surface area (TPSA) is 99.5 Å². The van der Waals surface area contributed by atoms with Crippen LogP contribution in [0.25, 0.3) is 10.9 Å². The fraction of sp³-hybridized carbons (Fsp3) is 0.370. The molecular formula is C27H34N4O3. The molecule has 1 unspecified atom stereocenters. The molecule has 2 aromatic carbocycles. The summed E-state index contributed by atoms with van der Waals surface area (Å²) in [5, 5.41) is 0.675. The Balaban J connectivity index is 1.98. The van der Waals surface area contributed by atoms with E-state index < -0.39 is 17.7 Å². The number of carbonyl (C=O) groups excluding carboxylic acids is 3. The third-order valence-electron chi connectivity index (χ3n) is 6.80. The second-order valence-corrected chi connectivity index (χ2v) is 9.27. The summed E-state index contributed by atoms with van der Waals surface area (Å²) in [5.41, 5.74) is 8.18. The maximum atomic E-state index is 13.6. The molecule has 3 N–H and O–H groups in total. The first-order chi connectivity index (χ1) is 16.1. The second-order valence-electron chi connectivity index (χ2n) is 9.27. The molecule has 180 valence electrons. The van der Waals surface area contributed by atoms with E-state index >= 15 is 0 Å². The van der Waals surface area contributed by atoms with Gasteiger partial charge < -0.3 is 20.5 Å². The number of Topliss-reactive ketones (excluding diaryl/α,β-unsaturated/α-hetero) is 1. The monoisotopic (exact) mass is 462 g/mol. The highest BCUT2D eigenvalue weighted by Crippen LogP contribution is 2.23. The van der Waals surface area contributed by atoms with Crippen LogP contribution in [0.2, 0.25) is 0 Å². The van der Waals surface area contributed by atoms with Crippen LogP contribution in [0.5, 0.6) is 0 Å². The number of carbonyl (C=O) groups is 3. The molecule has 0 aliphatic heterocycles. The van der Waals surface area contributed by atoms with Crippen molar-refractivity contribution in [3.63, 3.8) is 0 Å². The number of aromatic nitrogens is 1. The van der Waals surface area contributed by atoms with Gasteiger partial charge >= 0.3 is 0 Å². The lowest BCUT2D eigenvalue weighted by atomic mass is 9.98. The summed E-state index contributed by atoms with van der Waals surface area (Å²) in [4.78, 5) is 46.5. The maximum Gasteiger partial charge on any atom is 0.296 e. The Hall–Kier alpha value is -3.45. The number of ketones is 1. The Morgan fingerprint density at radius 2 is 1.74 bits per heavy atom. The Morgan fingerprint density at radius 1 is 1.06 bits per heavy atom. The molecule has 0 radical (unpaired) electrons. The Kier molecular flexibility index (Phi) is 7.57. The van der Waals surface area contributed by atoms with Gasteiger partial charge in [0.2, 0.25) is 5.91 Å². The lowest BCUT2D eigenvalue weighted by Gasteiger charge is -2.39. The normalized spacial score (nSPS) is 12.4. The molecule has 34 heavy (non-hydrogen) atoms. The highest BCUT2D eigenvalue weighted by Gasteiger charge is 2.36. The van der Waals surface area contributed by atoms with Crippen molar-refractivity contribution in [2.45, 2.75) is 58.8 Å². The number of hydrogen-bond donors (Lipinski definition) is 2. The number of fused-ring (bicyclic) bond motifs is 1. The van der Waals surface area contributed by atoms with Crippen molar-refractivity contribution in [3.05, 3.63) is 71.4 Å². The van der Waals surface area contributed by atoms with Crippen LogP contribution < -0.4 is 5.73 Å². The zero-order valence-corrected chi connectivity index (χ0v) is 20.6. The number of amides is 2. The summed E-state index contributed by atoms with van der Waals surface area (Å²) in [6.45, 7) is 8.12. The van der Waals surface area contributed by atoms with Crippen LogP contribution in [-0.2, 0) is 22.7 Å². The fourth-order valence-electron chi connectivity index (χ4n) is 3.89. The van der Waals surface area contributed by atoms with Gasteiger partial charge in [-0.25, -0.2) is 0 Å². The number of nitrogens with one attached hydrogen (secondary N) is 1. The van der Waals surface area contributed by atoms with Crippen LogP contribution in [0.1, 0.15) is 55.6 Å². The quantitative estimate of drug-likeness (QED) is 0.372. The molecule has 0 aliphatic rings. The Morgan fingerprint density at radius 3 is 2.41 bits per heavy atom. The third kappa shape index (κ3) is 5.04. The number of H-pyrrole nitrogens is 1. The van der Waals surface area contributed by atoms with E-state index in [0.717, 1.165) is 23.1 Å². The fourth-order valence-corrected chi connectivity index (χ4v) is 3.89. The van der Waals surface area contributed by atoms with Crippen LogP contribution in [-0.4, -0.2) is 51.0 Å². The number of likely N-dealkylation sites (N-methyl/N-ethyl adjacent to an activating group) is 1. The van der Waals surface area contributed by atoms with Gasteiger partial charge in [0.1, 0.15) is 6.04 Å². The summed E-state index contributed by atoms with van der Waals surface area (Å²) in [6.07, 6.45) is 2.31. The van der Waals surface area contributed by atoms with Gasteiger partial charge in [-0.2, -0.15) is 0 Å². The zero-order valence-electron chi connectivity index (χ0n) is 20.6. The van der Waals surface area contributed by atoms with Crippen LogP contribution in [0.15, 0.2) is 54.7 Å². The largest absolute Gasteiger partial charge is 0.360 e. The average Bonchev–Trinajstić information content (AvgIpc) is 3.29.